The van der Waals surface area contributed by atoms with Crippen LogP contribution in [0.3, 0.4) is 0 Å². The molecule has 0 fully saturated rings. The zero-order valence-corrected chi connectivity index (χ0v) is 8.88. The average molecular weight is 196 g/mol. The lowest BCUT2D eigenvalue weighted by Gasteiger charge is -2.21. The summed E-state index contributed by atoms with van der Waals surface area (Å²) >= 11 is 0. The van der Waals surface area contributed by atoms with Gasteiger partial charge in [-0.15, -0.1) is 0 Å². The predicted molar refractivity (Wildman–Crippen MR) is 56.5 cm³/mol. The van der Waals surface area contributed by atoms with Gasteiger partial charge in [-0.2, -0.15) is 0 Å². The highest BCUT2D eigenvalue weighted by molar-refractivity contribution is 6.40. The Balaban J connectivity index is 2.51. The molecule has 1 unspecified atom stereocenters. The van der Waals surface area contributed by atoms with Crippen molar-refractivity contribution in [2.45, 2.75) is 38.8 Å². The summed E-state index contributed by atoms with van der Waals surface area (Å²) in [7, 11) is 1.46. The molecule has 0 aromatic rings. The summed E-state index contributed by atoms with van der Waals surface area (Å²) in [5.74, 6) is -0.298. The summed E-state index contributed by atoms with van der Waals surface area (Å²) in [5, 5.41) is 0. The van der Waals surface area contributed by atoms with Gasteiger partial charge in [0, 0.05) is 11.6 Å². The fourth-order valence-electron chi connectivity index (χ4n) is 1.06. The van der Waals surface area contributed by atoms with Crippen LogP contribution >= 0.6 is 0 Å². The number of nitrogens with two attached hydrogens (primary N) is 1. The van der Waals surface area contributed by atoms with Crippen LogP contribution in [0.4, 0.5) is 4.39 Å². The number of hydrogen-bond acceptors (Lipinski definition) is 2. The third kappa shape index (κ3) is 3.64. The van der Waals surface area contributed by atoms with Crippen LogP contribution < -0.4 is 5.73 Å². The Bertz CT molecular complexity index is 268. The van der Waals surface area contributed by atoms with Crippen LogP contribution in [0.1, 0.15) is 27.2 Å². The summed E-state index contributed by atoms with van der Waals surface area (Å²) in [6.07, 6.45) is 3.83. The highest BCUT2D eigenvalue weighted by Crippen LogP contribution is 2.20. The van der Waals surface area contributed by atoms with Crippen molar-refractivity contribution in [3.05, 3.63) is 23.5 Å². The van der Waals surface area contributed by atoms with E-state index in [4.69, 9.17) is 10.4 Å². The first-order chi connectivity index (χ1) is 6.38. The molecule has 14 heavy (non-hydrogen) atoms. The number of rotatable bonds is 2. The van der Waals surface area contributed by atoms with Crippen LogP contribution in [0, 0.1) is 0 Å². The van der Waals surface area contributed by atoms with E-state index >= 15 is 0 Å². The molecule has 2 N–H and O–H groups in total. The Morgan fingerprint density at radius 1 is 1.57 bits per heavy atom. The average Bonchev–Trinajstić information content (AvgIpc) is 2.00. The molecule has 0 amide bonds. The van der Waals surface area contributed by atoms with Crippen LogP contribution in [0.15, 0.2) is 23.5 Å². The Morgan fingerprint density at radius 3 is 2.71 bits per heavy atom. The molecule has 77 valence electrons. The maximum Gasteiger partial charge on any atom is 0.333 e. The molecule has 1 aliphatic carbocycles. The molecule has 0 bridgehead atoms. The first kappa shape index (κ1) is 11.5. The molecular formula is C10H16BFNO. The van der Waals surface area contributed by atoms with E-state index in [1.54, 1.807) is 6.08 Å². The Hall–Kier alpha value is -0.605. The normalized spacial score (nSPS) is 22.8. The molecule has 0 heterocycles. The fourth-order valence-corrected chi connectivity index (χ4v) is 1.06. The lowest BCUT2D eigenvalue weighted by Crippen LogP contribution is -2.25. The molecule has 0 saturated heterocycles. The molecular weight excluding hydrogens is 180 g/mol. The number of allylic oxidation sites excluding steroid dienone is 2. The number of halogens is 1. The van der Waals surface area contributed by atoms with Gasteiger partial charge in [-0.1, -0.05) is 6.08 Å². The van der Waals surface area contributed by atoms with E-state index in [0.29, 0.717) is 11.9 Å². The molecule has 2 nitrogen and oxygen atoms in total. The molecule has 1 radical (unpaired) electrons. The summed E-state index contributed by atoms with van der Waals surface area (Å²) in [6, 6.07) is -0.207. The van der Waals surface area contributed by atoms with E-state index in [0.717, 1.165) is 0 Å². The van der Waals surface area contributed by atoms with Crippen molar-refractivity contribution in [1.82, 2.24) is 0 Å². The van der Waals surface area contributed by atoms with Crippen LogP contribution in [-0.4, -0.2) is 19.1 Å². The number of hydrogen-bond donors (Lipinski definition) is 1. The Morgan fingerprint density at radius 2 is 2.21 bits per heavy atom. The predicted octanol–water partition coefficient (Wildman–Crippen LogP) is 1.89. The van der Waals surface area contributed by atoms with Crippen molar-refractivity contribution >= 4 is 7.48 Å². The second-order valence-electron chi connectivity index (χ2n) is 4.42. The summed E-state index contributed by atoms with van der Waals surface area (Å²) in [6.45, 7) is 5.75. The minimum atomic E-state index is -0.298. The standard InChI is InChI=1S/C10H16BFNO/c1-10(2,3)14-11-8-5-4-7(13)6-9(8)12/h5-7H,4,13H2,1-3H3. The second kappa shape index (κ2) is 4.28. The minimum Gasteiger partial charge on any atom is -0.430 e. The molecule has 0 spiro atoms. The Labute approximate surface area is 85.3 Å². The monoisotopic (exact) mass is 196 g/mol. The maximum absolute atomic E-state index is 13.3. The minimum absolute atomic E-state index is 0.207. The zero-order chi connectivity index (χ0) is 10.8. The van der Waals surface area contributed by atoms with Gasteiger partial charge in [0.2, 0.25) is 0 Å². The van der Waals surface area contributed by atoms with Crippen molar-refractivity contribution < 1.29 is 9.04 Å². The molecule has 1 aliphatic rings. The Kier molecular flexibility index (Phi) is 3.51. The van der Waals surface area contributed by atoms with Gasteiger partial charge in [-0.05, 0) is 38.7 Å². The van der Waals surface area contributed by atoms with Gasteiger partial charge in [0.25, 0.3) is 0 Å². The first-order valence-corrected chi connectivity index (χ1v) is 4.73. The molecule has 0 aromatic heterocycles. The summed E-state index contributed by atoms with van der Waals surface area (Å²) in [4.78, 5) is 0. The van der Waals surface area contributed by atoms with Gasteiger partial charge < -0.3 is 10.4 Å². The van der Waals surface area contributed by atoms with E-state index in [1.807, 2.05) is 20.8 Å². The van der Waals surface area contributed by atoms with Crippen molar-refractivity contribution in [2.24, 2.45) is 5.73 Å². The molecule has 4 heteroatoms. The van der Waals surface area contributed by atoms with Gasteiger partial charge in [0.15, 0.2) is 0 Å². The van der Waals surface area contributed by atoms with Crippen LogP contribution in [0.5, 0.6) is 0 Å². The van der Waals surface area contributed by atoms with Crippen molar-refractivity contribution in [1.29, 1.82) is 0 Å². The molecule has 1 rings (SSSR count). The largest absolute Gasteiger partial charge is 0.430 e. The van der Waals surface area contributed by atoms with Crippen molar-refractivity contribution in [3.8, 4) is 0 Å². The summed E-state index contributed by atoms with van der Waals surface area (Å²) in [5.41, 5.74) is 5.75. The van der Waals surface area contributed by atoms with E-state index in [2.05, 4.69) is 0 Å². The van der Waals surface area contributed by atoms with Gasteiger partial charge in [0.1, 0.15) is 5.83 Å². The van der Waals surface area contributed by atoms with Crippen LogP contribution in [0.25, 0.3) is 0 Å². The second-order valence-corrected chi connectivity index (χ2v) is 4.42. The van der Waals surface area contributed by atoms with Crippen LogP contribution in [-0.2, 0) is 4.65 Å². The quantitative estimate of drug-likeness (QED) is 0.684. The van der Waals surface area contributed by atoms with E-state index < -0.39 is 0 Å². The first-order valence-electron chi connectivity index (χ1n) is 4.73. The third-order valence-electron chi connectivity index (χ3n) is 1.79. The SMILES string of the molecule is CC(C)(C)O[B]C1=CCC(N)C=C1F. The highest BCUT2D eigenvalue weighted by Gasteiger charge is 2.18. The summed E-state index contributed by atoms with van der Waals surface area (Å²) < 4.78 is 18.6. The zero-order valence-electron chi connectivity index (χ0n) is 8.88. The third-order valence-corrected chi connectivity index (χ3v) is 1.79. The van der Waals surface area contributed by atoms with Gasteiger partial charge in [0.05, 0.1) is 0 Å². The van der Waals surface area contributed by atoms with Crippen LogP contribution in [0.2, 0.25) is 0 Å². The van der Waals surface area contributed by atoms with E-state index in [1.165, 1.54) is 13.6 Å². The fraction of sp³-hybridized carbons (Fsp3) is 0.600. The molecule has 0 saturated carbocycles. The van der Waals surface area contributed by atoms with E-state index in [-0.39, 0.29) is 17.5 Å². The molecule has 0 aromatic carbocycles. The van der Waals surface area contributed by atoms with Crippen molar-refractivity contribution in [3.63, 3.8) is 0 Å². The maximum atomic E-state index is 13.3. The van der Waals surface area contributed by atoms with Gasteiger partial charge in [-0.3, -0.25) is 0 Å². The van der Waals surface area contributed by atoms with Crippen molar-refractivity contribution in [2.75, 3.05) is 0 Å². The smallest absolute Gasteiger partial charge is 0.333 e. The van der Waals surface area contributed by atoms with Gasteiger partial charge in [-0.25, -0.2) is 4.39 Å². The lowest BCUT2D eigenvalue weighted by molar-refractivity contribution is 0.140. The lowest BCUT2D eigenvalue weighted by atomic mass is 9.81. The topological polar surface area (TPSA) is 35.2 Å². The molecule has 1 atom stereocenters. The molecule has 0 aliphatic heterocycles. The highest BCUT2D eigenvalue weighted by atomic mass is 19.1. The van der Waals surface area contributed by atoms with Gasteiger partial charge >= 0.3 is 7.48 Å². The van der Waals surface area contributed by atoms with E-state index in [9.17, 15) is 4.39 Å².